The number of methoxy groups -OCH3 is 1. The zero-order chi connectivity index (χ0) is 30.8. The summed E-state index contributed by atoms with van der Waals surface area (Å²) in [5.41, 5.74) is 2.43. The van der Waals surface area contributed by atoms with E-state index in [0.29, 0.717) is 24.2 Å². The van der Waals surface area contributed by atoms with E-state index in [0.717, 1.165) is 27.6 Å². The summed E-state index contributed by atoms with van der Waals surface area (Å²) in [6.07, 6.45) is 0.353. The van der Waals surface area contributed by atoms with Crippen molar-refractivity contribution in [1.82, 2.24) is 10.2 Å². The monoisotopic (exact) mass is 573 g/mol. The number of carbonyl (C=O) groups is 4. The van der Waals surface area contributed by atoms with E-state index in [1.54, 1.807) is 45.8 Å². The molecule has 222 valence electrons. The maximum atomic E-state index is 14.2. The van der Waals surface area contributed by atoms with E-state index in [2.05, 4.69) is 5.32 Å². The molecule has 0 saturated heterocycles. The first-order chi connectivity index (χ1) is 19.8. The second-order valence-electron chi connectivity index (χ2n) is 11.7. The molecular weight excluding hydrogens is 534 g/mol. The number of nitrogens with zero attached hydrogens (tertiary/aromatic N) is 2. The Bertz CT molecular complexity index is 1530. The number of Topliss-reactive ketones (excluding diaryl/α,β-unsaturated/α-hetero) is 1. The van der Waals surface area contributed by atoms with E-state index < -0.39 is 29.7 Å². The number of benzene rings is 3. The average Bonchev–Trinajstić information content (AvgIpc) is 3.07. The van der Waals surface area contributed by atoms with Gasteiger partial charge >= 0.3 is 6.09 Å². The van der Waals surface area contributed by atoms with Gasteiger partial charge in [-0.15, -0.1) is 0 Å². The van der Waals surface area contributed by atoms with Crippen molar-refractivity contribution in [3.8, 4) is 5.75 Å². The fraction of sp³-hybridized carbons (Fsp3) is 0.394. The summed E-state index contributed by atoms with van der Waals surface area (Å²) in [7, 11) is 3.08. The third-order valence-electron chi connectivity index (χ3n) is 7.54. The zero-order valence-corrected chi connectivity index (χ0v) is 25.3. The molecule has 1 aliphatic heterocycles. The van der Waals surface area contributed by atoms with E-state index in [4.69, 9.17) is 9.47 Å². The van der Waals surface area contributed by atoms with Gasteiger partial charge in [0.1, 0.15) is 23.4 Å². The quantitative estimate of drug-likeness (QED) is 0.386. The Balaban J connectivity index is 1.66. The number of likely N-dealkylation sites (N-methyl/N-ethyl adjacent to an activating group) is 1. The van der Waals surface area contributed by atoms with E-state index in [1.165, 1.54) is 18.9 Å². The first-order valence-corrected chi connectivity index (χ1v) is 14.1. The highest BCUT2D eigenvalue weighted by Gasteiger charge is 2.35. The molecule has 3 aromatic carbocycles. The van der Waals surface area contributed by atoms with Crippen molar-refractivity contribution in [2.24, 2.45) is 0 Å². The number of ether oxygens (including phenoxy) is 2. The second kappa shape index (κ2) is 12.2. The lowest BCUT2D eigenvalue weighted by Crippen LogP contribution is -2.54. The molecule has 0 spiro atoms. The van der Waals surface area contributed by atoms with Crippen molar-refractivity contribution in [2.75, 3.05) is 19.1 Å². The fourth-order valence-corrected chi connectivity index (χ4v) is 5.08. The van der Waals surface area contributed by atoms with Crippen LogP contribution in [0.25, 0.3) is 10.8 Å². The SMILES string of the molecule is COc1ccc2cc(C(C)=O)ccc2c1CN1C(=O)[C@@H](NC(=O)[C@H](C)N(C)C(=O)OC(C)(C)C)CCc2ccccc21. The number of hydrogen-bond donors (Lipinski definition) is 1. The number of ketones is 1. The van der Waals surface area contributed by atoms with E-state index in [9.17, 15) is 19.2 Å². The maximum Gasteiger partial charge on any atom is 0.410 e. The Morgan fingerprint density at radius 2 is 1.81 bits per heavy atom. The van der Waals surface area contributed by atoms with E-state index in [1.807, 2.05) is 48.5 Å². The first-order valence-electron chi connectivity index (χ1n) is 14.1. The maximum absolute atomic E-state index is 14.2. The molecule has 3 amide bonds. The minimum Gasteiger partial charge on any atom is -0.496 e. The van der Waals surface area contributed by atoms with Crippen LogP contribution in [0.1, 0.15) is 62.5 Å². The molecule has 0 radical (unpaired) electrons. The summed E-state index contributed by atoms with van der Waals surface area (Å²) < 4.78 is 11.1. The molecule has 1 N–H and O–H groups in total. The molecule has 0 unspecified atom stereocenters. The molecule has 3 aromatic rings. The molecule has 1 heterocycles. The van der Waals surface area contributed by atoms with Crippen molar-refractivity contribution >= 4 is 40.2 Å². The molecule has 9 nitrogen and oxygen atoms in total. The van der Waals surface area contributed by atoms with E-state index in [-0.39, 0.29) is 18.2 Å². The van der Waals surface area contributed by atoms with Gasteiger partial charge in [0.15, 0.2) is 5.78 Å². The number of carbonyl (C=O) groups excluding carboxylic acids is 4. The van der Waals surface area contributed by atoms with Crippen LogP contribution in [0.5, 0.6) is 5.75 Å². The van der Waals surface area contributed by atoms with Crippen LogP contribution < -0.4 is 15.0 Å². The Labute approximate surface area is 246 Å². The minimum atomic E-state index is -0.861. The molecule has 42 heavy (non-hydrogen) atoms. The summed E-state index contributed by atoms with van der Waals surface area (Å²) in [6.45, 7) is 8.59. The van der Waals surface area contributed by atoms with Crippen LogP contribution in [-0.2, 0) is 27.3 Å². The van der Waals surface area contributed by atoms with Crippen LogP contribution in [0.4, 0.5) is 10.5 Å². The van der Waals surface area contributed by atoms with Crippen molar-refractivity contribution < 1.29 is 28.7 Å². The molecule has 2 atom stereocenters. The number of fused-ring (bicyclic) bond motifs is 2. The smallest absolute Gasteiger partial charge is 0.410 e. The normalized spacial score (nSPS) is 15.8. The van der Waals surface area contributed by atoms with Crippen LogP contribution >= 0.6 is 0 Å². The summed E-state index contributed by atoms with van der Waals surface area (Å²) in [5, 5.41) is 4.62. The summed E-state index contributed by atoms with van der Waals surface area (Å²) in [5.74, 6) is -0.135. The zero-order valence-electron chi connectivity index (χ0n) is 25.3. The Kier molecular flexibility index (Phi) is 8.89. The number of amides is 3. The third-order valence-corrected chi connectivity index (χ3v) is 7.54. The minimum absolute atomic E-state index is 0.0315. The molecule has 4 rings (SSSR count). The molecule has 9 heteroatoms. The molecule has 0 aromatic heterocycles. The fourth-order valence-electron chi connectivity index (χ4n) is 5.08. The van der Waals surface area contributed by atoms with Crippen LogP contribution in [-0.4, -0.2) is 60.4 Å². The molecule has 1 aliphatic rings. The van der Waals surface area contributed by atoms with Gasteiger partial charge in [-0.25, -0.2) is 4.79 Å². The number of aryl methyl sites for hydroxylation is 1. The highest BCUT2D eigenvalue weighted by molar-refractivity contribution is 6.03. The molecule has 0 bridgehead atoms. The number of anilines is 1. The van der Waals surface area contributed by atoms with Crippen molar-refractivity contribution in [3.05, 3.63) is 71.3 Å². The van der Waals surface area contributed by atoms with Gasteiger partial charge in [0.2, 0.25) is 11.8 Å². The Morgan fingerprint density at radius 1 is 1.10 bits per heavy atom. The van der Waals surface area contributed by atoms with Crippen LogP contribution in [0.15, 0.2) is 54.6 Å². The van der Waals surface area contributed by atoms with Gasteiger partial charge in [-0.05, 0) is 82.0 Å². The van der Waals surface area contributed by atoms with Crippen molar-refractivity contribution in [2.45, 2.75) is 71.7 Å². The van der Waals surface area contributed by atoms with Crippen LogP contribution in [0.2, 0.25) is 0 Å². The Hall–Kier alpha value is -4.40. The molecular formula is C33H39N3O6. The predicted molar refractivity (Wildman–Crippen MR) is 162 cm³/mol. The second-order valence-corrected chi connectivity index (χ2v) is 11.7. The highest BCUT2D eigenvalue weighted by Crippen LogP contribution is 2.34. The lowest BCUT2D eigenvalue weighted by atomic mass is 9.99. The van der Waals surface area contributed by atoms with Crippen molar-refractivity contribution in [3.63, 3.8) is 0 Å². The van der Waals surface area contributed by atoms with Gasteiger partial charge in [-0.2, -0.15) is 0 Å². The van der Waals surface area contributed by atoms with Crippen molar-refractivity contribution in [1.29, 1.82) is 0 Å². The van der Waals surface area contributed by atoms with Gasteiger partial charge in [-0.3, -0.25) is 19.3 Å². The summed E-state index contributed by atoms with van der Waals surface area (Å²) in [6, 6.07) is 15.3. The van der Waals surface area contributed by atoms with Gasteiger partial charge in [-0.1, -0.05) is 36.4 Å². The summed E-state index contributed by atoms with van der Waals surface area (Å²) >= 11 is 0. The number of hydrogen-bond acceptors (Lipinski definition) is 6. The number of nitrogens with one attached hydrogen (secondary N) is 1. The van der Waals surface area contributed by atoms with Gasteiger partial charge in [0, 0.05) is 23.9 Å². The van der Waals surface area contributed by atoms with Gasteiger partial charge in [0.05, 0.1) is 13.7 Å². The third kappa shape index (κ3) is 6.56. The Morgan fingerprint density at radius 3 is 2.48 bits per heavy atom. The molecule has 0 fully saturated rings. The number of para-hydroxylation sites is 1. The van der Waals surface area contributed by atoms with Crippen LogP contribution in [0.3, 0.4) is 0 Å². The van der Waals surface area contributed by atoms with E-state index >= 15 is 0 Å². The predicted octanol–water partition coefficient (Wildman–Crippen LogP) is 5.27. The number of rotatable bonds is 7. The van der Waals surface area contributed by atoms with Crippen LogP contribution in [0, 0.1) is 0 Å². The average molecular weight is 574 g/mol. The first kappa shape index (κ1) is 30.6. The summed E-state index contributed by atoms with van der Waals surface area (Å²) in [4.78, 5) is 54.9. The largest absolute Gasteiger partial charge is 0.496 e. The van der Waals surface area contributed by atoms with Gasteiger partial charge in [0.25, 0.3) is 0 Å². The standard InChI is InChI=1S/C33H39N3O6/c1-20(35(6)32(40)42-33(3,4)5)30(38)34-27-16-13-22-10-8-9-11-28(22)36(31(27)39)19-26-25-15-12-23(21(2)37)18-24(25)14-17-29(26)41-7/h8-12,14-15,17-18,20,27H,13,16,19H2,1-7H3,(H,34,38)/t20-,27-/m0/s1. The lowest BCUT2D eigenvalue weighted by molar-refractivity contribution is -0.130. The molecule has 0 saturated carbocycles. The highest BCUT2D eigenvalue weighted by atomic mass is 16.6. The lowest BCUT2D eigenvalue weighted by Gasteiger charge is -2.30. The molecule has 0 aliphatic carbocycles. The topological polar surface area (TPSA) is 105 Å². The van der Waals surface area contributed by atoms with Gasteiger partial charge < -0.3 is 19.7 Å².